The van der Waals surface area contributed by atoms with Gasteiger partial charge in [0.25, 0.3) is 5.91 Å². The summed E-state index contributed by atoms with van der Waals surface area (Å²) in [5.41, 5.74) is 4.81. The molecular formula is C30H33N3O3S. The van der Waals surface area contributed by atoms with Crippen molar-refractivity contribution in [1.82, 2.24) is 4.90 Å². The van der Waals surface area contributed by atoms with E-state index < -0.39 is 0 Å². The second-order valence-corrected chi connectivity index (χ2v) is 10.4. The highest BCUT2D eigenvalue weighted by Gasteiger charge is 2.32. The number of thiophene rings is 1. The third-order valence-electron chi connectivity index (χ3n) is 6.98. The molecule has 2 aromatic heterocycles. The van der Waals surface area contributed by atoms with Crippen molar-refractivity contribution in [2.45, 2.75) is 26.8 Å². The van der Waals surface area contributed by atoms with Crippen molar-refractivity contribution in [3.05, 3.63) is 100 Å². The van der Waals surface area contributed by atoms with Gasteiger partial charge in [0, 0.05) is 42.3 Å². The van der Waals surface area contributed by atoms with Gasteiger partial charge in [-0.25, -0.2) is 0 Å². The maximum atomic E-state index is 13.0. The van der Waals surface area contributed by atoms with Crippen LogP contribution >= 0.6 is 11.3 Å². The summed E-state index contributed by atoms with van der Waals surface area (Å²) in [4.78, 5) is 19.1. The number of amides is 1. The summed E-state index contributed by atoms with van der Waals surface area (Å²) in [5.74, 6) is 0.944. The van der Waals surface area contributed by atoms with Crippen LogP contribution < -0.4 is 15.0 Å². The lowest BCUT2D eigenvalue weighted by molar-refractivity contribution is 0.0996. The zero-order valence-electron chi connectivity index (χ0n) is 21.6. The predicted octanol–water partition coefficient (Wildman–Crippen LogP) is 6.52. The van der Waals surface area contributed by atoms with Gasteiger partial charge in [0.15, 0.2) is 5.76 Å². The van der Waals surface area contributed by atoms with E-state index in [9.17, 15) is 4.79 Å². The van der Waals surface area contributed by atoms with Crippen LogP contribution in [0.5, 0.6) is 5.75 Å². The fourth-order valence-corrected chi connectivity index (χ4v) is 6.08. The number of hydrogen-bond acceptors (Lipinski definition) is 6. The van der Waals surface area contributed by atoms with Gasteiger partial charge >= 0.3 is 0 Å². The van der Waals surface area contributed by atoms with Crippen LogP contribution in [0, 0.1) is 13.8 Å². The van der Waals surface area contributed by atoms with Crippen molar-refractivity contribution in [2.24, 2.45) is 0 Å². The molecule has 0 bridgehead atoms. The highest BCUT2D eigenvalue weighted by molar-refractivity contribution is 7.16. The van der Waals surface area contributed by atoms with Gasteiger partial charge in [0.2, 0.25) is 0 Å². The fourth-order valence-electron chi connectivity index (χ4n) is 4.99. The van der Waals surface area contributed by atoms with E-state index in [0.29, 0.717) is 12.4 Å². The summed E-state index contributed by atoms with van der Waals surface area (Å²) in [5, 5.41) is 4.03. The summed E-state index contributed by atoms with van der Waals surface area (Å²) >= 11 is 1.63. The Morgan fingerprint density at radius 2 is 1.73 bits per heavy atom. The Kier molecular flexibility index (Phi) is 7.63. The van der Waals surface area contributed by atoms with E-state index in [-0.39, 0.29) is 11.9 Å². The minimum absolute atomic E-state index is 0.00505. The first-order chi connectivity index (χ1) is 18.0. The van der Waals surface area contributed by atoms with E-state index in [2.05, 4.69) is 71.4 Å². The molecule has 5 rings (SSSR count). The van der Waals surface area contributed by atoms with Gasteiger partial charge < -0.3 is 19.4 Å². The van der Waals surface area contributed by atoms with Crippen molar-refractivity contribution < 1.29 is 13.9 Å². The number of aryl methyl sites for hydroxylation is 1. The van der Waals surface area contributed by atoms with E-state index >= 15 is 0 Å². The average molecular weight is 516 g/mol. The van der Waals surface area contributed by atoms with E-state index in [1.54, 1.807) is 23.5 Å². The maximum absolute atomic E-state index is 13.0. The lowest BCUT2D eigenvalue weighted by Crippen LogP contribution is -2.48. The molecule has 37 heavy (non-hydrogen) atoms. The minimum atomic E-state index is -0.230. The number of piperazine rings is 1. The molecule has 0 saturated carbocycles. The van der Waals surface area contributed by atoms with Crippen LogP contribution in [0.25, 0.3) is 0 Å². The normalized spacial score (nSPS) is 14.9. The summed E-state index contributed by atoms with van der Waals surface area (Å²) < 4.78 is 11.1. The number of ether oxygens (including phenoxy) is 1. The Labute approximate surface area is 222 Å². The fraction of sp³-hybridized carbons (Fsp3) is 0.300. The molecule has 1 aliphatic heterocycles. The first kappa shape index (κ1) is 25.1. The molecule has 3 heterocycles. The molecule has 1 aliphatic rings. The number of hydrogen-bond donors (Lipinski definition) is 1. The second kappa shape index (κ2) is 11.2. The molecule has 1 N–H and O–H groups in total. The lowest BCUT2D eigenvalue weighted by Gasteiger charge is -2.41. The van der Waals surface area contributed by atoms with E-state index in [1.165, 1.54) is 28.0 Å². The van der Waals surface area contributed by atoms with Crippen LogP contribution in [0.2, 0.25) is 0 Å². The Hall–Kier alpha value is -3.55. The van der Waals surface area contributed by atoms with Gasteiger partial charge in [-0.2, -0.15) is 0 Å². The number of rotatable bonds is 8. The Bertz CT molecular complexity index is 1310. The molecule has 2 aromatic carbocycles. The summed E-state index contributed by atoms with van der Waals surface area (Å²) in [7, 11) is 0. The standard InChI is InChI=1S/C30H33N3O3S/c1-4-35-25-14-12-23(13-15-25)28(33-18-16-32(17-19-33)24-9-6-5-7-10-24)27-21(2)22(3)37-30(27)31-29(34)26-11-8-20-36-26/h5-15,20,28H,4,16-19H2,1-3H3,(H,31,34). The third-order valence-corrected chi connectivity index (χ3v) is 8.12. The number of nitrogens with one attached hydrogen (secondary N) is 1. The Morgan fingerprint density at radius 1 is 1.00 bits per heavy atom. The molecule has 6 nitrogen and oxygen atoms in total. The molecule has 1 amide bonds. The lowest BCUT2D eigenvalue weighted by atomic mass is 9.94. The first-order valence-corrected chi connectivity index (χ1v) is 13.6. The molecule has 1 fully saturated rings. The van der Waals surface area contributed by atoms with Gasteiger partial charge in [-0.05, 0) is 68.3 Å². The summed E-state index contributed by atoms with van der Waals surface area (Å²) in [6.07, 6.45) is 1.52. The molecule has 0 aliphatic carbocycles. The van der Waals surface area contributed by atoms with Crippen LogP contribution in [0.15, 0.2) is 77.4 Å². The molecule has 7 heteroatoms. The number of anilines is 2. The summed E-state index contributed by atoms with van der Waals surface area (Å²) in [6.45, 7) is 10.6. The molecule has 1 unspecified atom stereocenters. The van der Waals surface area contributed by atoms with Gasteiger partial charge in [0.05, 0.1) is 18.9 Å². The number of nitrogens with zero attached hydrogens (tertiary/aromatic N) is 2. The topological polar surface area (TPSA) is 58.0 Å². The van der Waals surface area contributed by atoms with Crippen LogP contribution in [-0.4, -0.2) is 43.6 Å². The van der Waals surface area contributed by atoms with Crippen molar-refractivity contribution in [3.63, 3.8) is 0 Å². The monoisotopic (exact) mass is 515 g/mol. The summed E-state index contributed by atoms with van der Waals surface area (Å²) in [6, 6.07) is 22.4. The quantitative estimate of drug-likeness (QED) is 0.289. The third kappa shape index (κ3) is 5.43. The van der Waals surface area contributed by atoms with Crippen LogP contribution in [0.4, 0.5) is 10.7 Å². The molecule has 192 valence electrons. The van der Waals surface area contributed by atoms with Crippen molar-refractivity contribution >= 4 is 27.9 Å². The largest absolute Gasteiger partial charge is 0.494 e. The van der Waals surface area contributed by atoms with Crippen LogP contribution in [0.3, 0.4) is 0 Å². The van der Waals surface area contributed by atoms with E-state index in [4.69, 9.17) is 9.15 Å². The number of benzene rings is 2. The SMILES string of the molecule is CCOc1ccc(C(c2c(NC(=O)c3ccco3)sc(C)c2C)N2CCN(c3ccccc3)CC2)cc1. The molecule has 0 radical (unpaired) electrons. The maximum Gasteiger partial charge on any atom is 0.291 e. The highest BCUT2D eigenvalue weighted by atomic mass is 32.1. The molecule has 0 spiro atoms. The van der Waals surface area contributed by atoms with Crippen molar-refractivity contribution in [1.29, 1.82) is 0 Å². The highest BCUT2D eigenvalue weighted by Crippen LogP contribution is 2.43. The van der Waals surface area contributed by atoms with Crippen molar-refractivity contribution in [2.75, 3.05) is 43.0 Å². The Balaban J connectivity index is 1.49. The van der Waals surface area contributed by atoms with E-state index in [0.717, 1.165) is 42.5 Å². The molecular weight excluding hydrogens is 482 g/mol. The Morgan fingerprint density at radius 3 is 2.38 bits per heavy atom. The smallest absolute Gasteiger partial charge is 0.291 e. The predicted molar refractivity (Wildman–Crippen MR) is 150 cm³/mol. The van der Waals surface area contributed by atoms with Gasteiger partial charge in [-0.3, -0.25) is 9.69 Å². The molecule has 1 atom stereocenters. The first-order valence-electron chi connectivity index (χ1n) is 12.8. The second-order valence-electron chi connectivity index (χ2n) is 9.22. The van der Waals surface area contributed by atoms with Gasteiger partial charge in [-0.1, -0.05) is 30.3 Å². The van der Waals surface area contributed by atoms with Gasteiger partial charge in [-0.15, -0.1) is 11.3 Å². The van der Waals surface area contributed by atoms with Gasteiger partial charge in [0.1, 0.15) is 10.8 Å². The van der Waals surface area contributed by atoms with Crippen LogP contribution in [0.1, 0.15) is 45.1 Å². The number of para-hydroxylation sites is 1. The van der Waals surface area contributed by atoms with E-state index in [1.807, 2.05) is 19.1 Å². The minimum Gasteiger partial charge on any atom is -0.494 e. The van der Waals surface area contributed by atoms with Crippen LogP contribution in [-0.2, 0) is 0 Å². The molecule has 1 saturated heterocycles. The number of carbonyl (C=O) groups excluding carboxylic acids is 1. The zero-order chi connectivity index (χ0) is 25.8. The number of carbonyl (C=O) groups is 1. The molecule has 4 aromatic rings. The van der Waals surface area contributed by atoms with Crippen molar-refractivity contribution in [3.8, 4) is 5.75 Å². The average Bonchev–Trinajstić information content (AvgIpc) is 3.56. The zero-order valence-corrected chi connectivity index (χ0v) is 22.4. The number of furan rings is 1.